The predicted molar refractivity (Wildman–Crippen MR) is 98.8 cm³/mol. The molecule has 1 amide bonds. The minimum absolute atomic E-state index is 0.000523. The molecule has 1 N–H and O–H groups in total. The Bertz CT molecular complexity index is 962. The summed E-state index contributed by atoms with van der Waals surface area (Å²) in [4.78, 5) is 18.1. The number of fused-ring (bicyclic) bond motifs is 1. The monoisotopic (exact) mass is 352 g/mol. The first kappa shape index (κ1) is 16.8. The molecule has 1 aromatic heterocycles. The van der Waals surface area contributed by atoms with Crippen molar-refractivity contribution in [2.45, 2.75) is 20.0 Å². The van der Waals surface area contributed by atoms with Gasteiger partial charge in [0.05, 0.1) is 13.2 Å². The number of aromatic nitrogens is 1. The predicted octanol–water partition coefficient (Wildman–Crippen LogP) is 4.14. The summed E-state index contributed by atoms with van der Waals surface area (Å²) >= 11 is 0. The van der Waals surface area contributed by atoms with E-state index in [1.165, 1.54) is 17.7 Å². The zero-order chi connectivity index (χ0) is 18.3. The summed E-state index contributed by atoms with van der Waals surface area (Å²) < 4.78 is 18.9. The molecule has 0 spiro atoms. The van der Waals surface area contributed by atoms with Crippen molar-refractivity contribution in [1.29, 1.82) is 0 Å². The van der Waals surface area contributed by atoms with Gasteiger partial charge in [-0.15, -0.1) is 0 Å². The quantitative estimate of drug-likeness (QED) is 0.753. The van der Waals surface area contributed by atoms with Crippen LogP contribution in [-0.2, 0) is 4.74 Å². The van der Waals surface area contributed by atoms with E-state index in [-0.39, 0.29) is 17.8 Å². The van der Waals surface area contributed by atoms with Crippen LogP contribution in [0.4, 0.5) is 4.39 Å². The first-order valence-electron chi connectivity index (χ1n) is 8.78. The Morgan fingerprint density at radius 1 is 1.19 bits per heavy atom. The average molecular weight is 352 g/mol. The van der Waals surface area contributed by atoms with Crippen LogP contribution in [-0.4, -0.2) is 35.5 Å². The highest BCUT2D eigenvalue weighted by Gasteiger charge is 2.26. The lowest BCUT2D eigenvalue weighted by molar-refractivity contribution is -0.0228. The van der Waals surface area contributed by atoms with Crippen molar-refractivity contribution in [1.82, 2.24) is 9.88 Å². The van der Waals surface area contributed by atoms with Crippen molar-refractivity contribution in [3.63, 3.8) is 0 Å². The van der Waals surface area contributed by atoms with Gasteiger partial charge in [-0.1, -0.05) is 12.1 Å². The highest BCUT2D eigenvalue weighted by atomic mass is 19.1. The van der Waals surface area contributed by atoms with Gasteiger partial charge in [0.1, 0.15) is 11.9 Å². The van der Waals surface area contributed by atoms with Gasteiger partial charge in [-0.2, -0.15) is 0 Å². The highest BCUT2D eigenvalue weighted by molar-refractivity contribution is 5.99. The minimum atomic E-state index is -0.275. The summed E-state index contributed by atoms with van der Waals surface area (Å²) in [7, 11) is 0. The van der Waals surface area contributed by atoms with Crippen molar-refractivity contribution in [3.05, 3.63) is 70.7 Å². The highest BCUT2D eigenvalue weighted by Crippen LogP contribution is 2.26. The van der Waals surface area contributed by atoms with Gasteiger partial charge in [-0.3, -0.25) is 4.79 Å². The van der Waals surface area contributed by atoms with Crippen LogP contribution in [0.2, 0.25) is 0 Å². The van der Waals surface area contributed by atoms with Crippen LogP contribution >= 0.6 is 0 Å². The molecule has 4 nitrogen and oxygen atoms in total. The number of nitrogens with one attached hydrogen (secondary N) is 1. The van der Waals surface area contributed by atoms with E-state index in [0.717, 1.165) is 22.2 Å². The van der Waals surface area contributed by atoms with Crippen LogP contribution in [0.5, 0.6) is 0 Å². The molecular weight excluding hydrogens is 331 g/mol. The first-order chi connectivity index (χ1) is 12.5. The molecule has 26 heavy (non-hydrogen) atoms. The number of carbonyl (C=O) groups is 1. The lowest BCUT2D eigenvalue weighted by atomic mass is 10.1. The van der Waals surface area contributed by atoms with Gasteiger partial charge in [0.2, 0.25) is 0 Å². The molecule has 4 rings (SSSR count). The Kier molecular flexibility index (Phi) is 4.24. The molecule has 0 aliphatic carbocycles. The van der Waals surface area contributed by atoms with Gasteiger partial charge in [0.15, 0.2) is 0 Å². The fraction of sp³-hybridized carbons (Fsp3) is 0.286. The van der Waals surface area contributed by atoms with Crippen molar-refractivity contribution in [3.8, 4) is 0 Å². The van der Waals surface area contributed by atoms with Gasteiger partial charge in [0.25, 0.3) is 5.91 Å². The Hall–Kier alpha value is -2.66. The second-order valence-electron chi connectivity index (χ2n) is 6.80. The number of aryl methyl sites for hydroxylation is 2. The third-order valence-corrected chi connectivity index (χ3v) is 5.15. The van der Waals surface area contributed by atoms with Crippen LogP contribution in [0, 0.1) is 19.7 Å². The van der Waals surface area contributed by atoms with Crippen LogP contribution < -0.4 is 0 Å². The second kappa shape index (κ2) is 6.57. The fourth-order valence-electron chi connectivity index (χ4n) is 3.49. The van der Waals surface area contributed by atoms with Crippen LogP contribution in [0.15, 0.2) is 42.5 Å². The Labute approximate surface area is 151 Å². The van der Waals surface area contributed by atoms with Crippen molar-refractivity contribution < 1.29 is 13.9 Å². The maximum absolute atomic E-state index is 13.1. The Balaban J connectivity index is 1.57. The van der Waals surface area contributed by atoms with E-state index in [4.69, 9.17) is 4.74 Å². The van der Waals surface area contributed by atoms with Crippen LogP contribution in [0.1, 0.15) is 33.3 Å². The number of hydrogen-bond donors (Lipinski definition) is 1. The molecule has 1 atom stereocenters. The standard InChI is InChI=1S/C21H21FN2O2/c1-13-14(2)23-19-8-5-16(11-18(13)19)21(25)24-9-10-26-20(12-24)15-3-6-17(22)7-4-15/h3-8,11,20,23H,9-10,12H2,1-2H3/t20-/m1/s1. The van der Waals surface area contributed by atoms with E-state index >= 15 is 0 Å². The third kappa shape index (κ3) is 2.99. The number of hydrogen-bond acceptors (Lipinski definition) is 2. The van der Waals surface area contributed by atoms with E-state index in [2.05, 4.69) is 11.9 Å². The number of aromatic amines is 1. The molecule has 3 aromatic rings. The van der Waals surface area contributed by atoms with Crippen LogP contribution in [0.25, 0.3) is 10.9 Å². The summed E-state index contributed by atoms with van der Waals surface area (Å²) in [6.07, 6.45) is -0.228. The van der Waals surface area contributed by atoms with E-state index in [1.807, 2.05) is 30.0 Å². The minimum Gasteiger partial charge on any atom is -0.370 e. The van der Waals surface area contributed by atoms with Gasteiger partial charge in [0, 0.05) is 28.7 Å². The van der Waals surface area contributed by atoms with Crippen molar-refractivity contribution in [2.75, 3.05) is 19.7 Å². The number of H-pyrrole nitrogens is 1. The molecule has 5 heteroatoms. The summed E-state index contributed by atoms with van der Waals surface area (Å²) in [6.45, 7) is 5.58. The normalized spacial score (nSPS) is 17.7. The van der Waals surface area contributed by atoms with Crippen molar-refractivity contribution >= 4 is 16.8 Å². The molecule has 1 aliphatic rings. The SMILES string of the molecule is Cc1[nH]c2ccc(C(=O)N3CCO[C@@H](c4ccc(F)cc4)C3)cc2c1C. The van der Waals surface area contributed by atoms with Crippen molar-refractivity contribution in [2.24, 2.45) is 0 Å². The largest absolute Gasteiger partial charge is 0.370 e. The number of benzene rings is 2. The summed E-state index contributed by atoms with van der Waals surface area (Å²) in [6, 6.07) is 12.1. The zero-order valence-electron chi connectivity index (χ0n) is 14.9. The number of rotatable bonds is 2. The lowest BCUT2D eigenvalue weighted by Gasteiger charge is -2.33. The molecule has 0 bridgehead atoms. The molecular formula is C21H21FN2O2. The van der Waals surface area contributed by atoms with E-state index in [0.29, 0.717) is 25.3 Å². The van der Waals surface area contributed by atoms with E-state index in [9.17, 15) is 9.18 Å². The summed E-state index contributed by atoms with van der Waals surface area (Å²) in [5, 5.41) is 1.08. The molecule has 2 aromatic carbocycles. The number of amides is 1. The first-order valence-corrected chi connectivity index (χ1v) is 8.78. The number of morpholine rings is 1. The number of nitrogens with zero attached hydrogens (tertiary/aromatic N) is 1. The second-order valence-corrected chi connectivity index (χ2v) is 6.80. The molecule has 0 unspecified atom stereocenters. The molecule has 1 fully saturated rings. The maximum Gasteiger partial charge on any atom is 0.254 e. The van der Waals surface area contributed by atoms with Gasteiger partial charge in [-0.25, -0.2) is 4.39 Å². The summed E-state index contributed by atoms with van der Waals surface area (Å²) in [5.41, 5.74) is 4.90. The topological polar surface area (TPSA) is 45.3 Å². The molecule has 1 aliphatic heterocycles. The molecule has 2 heterocycles. The summed E-state index contributed by atoms with van der Waals surface area (Å²) in [5.74, 6) is -0.275. The third-order valence-electron chi connectivity index (χ3n) is 5.15. The molecule has 0 radical (unpaired) electrons. The van der Waals surface area contributed by atoms with Gasteiger partial charge in [-0.05, 0) is 55.3 Å². The molecule has 134 valence electrons. The average Bonchev–Trinajstić information content (AvgIpc) is 2.95. The van der Waals surface area contributed by atoms with Gasteiger partial charge < -0.3 is 14.6 Å². The zero-order valence-corrected chi connectivity index (χ0v) is 14.9. The number of carbonyl (C=O) groups excluding carboxylic acids is 1. The Morgan fingerprint density at radius 3 is 2.73 bits per heavy atom. The number of ether oxygens (including phenoxy) is 1. The maximum atomic E-state index is 13.1. The van der Waals surface area contributed by atoms with Crippen LogP contribution in [0.3, 0.4) is 0 Å². The van der Waals surface area contributed by atoms with E-state index in [1.54, 1.807) is 12.1 Å². The van der Waals surface area contributed by atoms with Gasteiger partial charge >= 0.3 is 0 Å². The molecule has 1 saturated heterocycles. The number of halogens is 1. The Morgan fingerprint density at radius 2 is 1.96 bits per heavy atom. The fourth-order valence-corrected chi connectivity index (χ4v) is 3.49. The molecule has 0 saturated carbocycles. The smallest absolute Gasteiger partial charge is 0.254 e. The lowest BCUT2D eigenvalue weighted by Crippen LogP contribution is -2.42. The van der Waals surface area contributed by atoms with E-state index < -0.39 is 0 Å².